The van der Waals surface area contributed by atoms with Crippen LogP contribution in [-0.2, 0) is 0 Å². The topological polar surface area (TPSA) is 38.0 Å². The molecule has 0 unspecified atom stereocenters. The lowest BCUT2D eigenvalue weighted by Crippen LogP contribution is -1.99. The first-order valence-electron chi connectivity index (χ1n) is 6.32. The number of phenolic OH excluding ortho intramolecular Hbond substituents is 1. The molecule has 0 saturated heterocycles. The van der Waals surface area contributed by atoms with Crippen molar-refractivity contribution in [3.63, 3.8) is 0 Å². The molecule has 96 valence electrons. The van der Waals surface area contributed by atoms with Gasteiger partial charge < -0.3 is 5.11 Å². The van der Waals surface area contributed by atoms with Gasteiger partial charge in [0.15, 0.2) is 0 Å². The van der Waals surface area contributed by atoms with Gasteiger partial charge in [-0.2, -0.15) is 5.10 Å². The molecule has 0 aliphatic rings. The van der Waals surface area contributed by atoms with Gasteiger partial charge in [-0.1, -0.05) is 6.07 Å². The molecular formula is C16H16N2O. The summed E-state index contributed by atoms with van der Waals surface area (Å²) in [4.78, 5) is 0. The zero-order valence-electron chi connectivity index (χ0n) is 11.3. The van der Waals surface area contributed by atoms with Crippen molar-refractivity contribution < 1.29 is 5.11 Å². The Labute approximate surface area is 112 Å². The summed E-state index contributed by atoms with van der Waals surface area (Å²) in [7, 11) is 0. The van der Waals surface area contributed by atoms with Gasteiger partial charge in [0.25, 0.3) is 0 Å². The van der Waals surface area contributed by atoms with E-state index in [-0.39, 0.29) is 5.75 Å². The number of hydrogen-bond acceptors (Lipinski definition) is 2. The van der Waals surface area contributed by atoms with Gasteiger partial charge in [0.05, 0.1) is 11.2 Å². The molecule has 0 aliphatic heterocycles. The second kappa shape index (κ2) is 4.12. The van der Waals surface area contributed by atoms with Gasteiger partial charge in [0.1, 0.15) is 5.75 Å². The van der Waals surface area contributed by atoms with Gasteiger partial charge in [-0.05, 0) is 62.2 Å². The van der Waals surface area contributed by atoms with Crippen LogP contribution < -0.4 is 0 Å². The molecule has 1 heterocycles. The van der Waals surface area contributed by atoms with E-state index in [2.05, 4.69) is 37.1 Å². The minimum atomic E-state index is 0.273. The van der Waals surface area contributed by atoms with E-state index in [0.29, 0.717) is 0 Å². The number of phenols is 1. The van der Waals surface area contributed by atoms with Gasteiger partial charge >= 0.3 is 0 Å². The Kier molecular flexibility index (Phi) is 2.56. The van der Waals surface area contributed by atoms with Gasteiger partial charge in [-0.25, -0.2) is 4.68 Å². The lowest BCUT2D eigenvalue weighted by molar-refractivity contribution is 0.476. The molecule has 0 radical (unpaired) electrons. The van der Waals surface area contributed by atoms with Gasteiger partial charge in [-0.3, -0.25) is 0 Å². The Bertz CT molecular complexity index is 772. The number of fused-ring (bicyclic) bond motifs is 1. The second-order valence-electron chi connectivity index (χ2n) is 4.97. The number of nitrogens with zero attached hydrogens (tertiary/aromatic N) is 2. The van der Waals surface area contributed by atoms with E-state index in [1.807, 2.05) is 17.7 Å². The number of benzene rings is 2. The Morgan fingerprint density at radius 1 is 0.947 bits per heavy atom. The average Bonchev–Trinajstić information content (AvgIpc) is 2.70. The number of aromatic nitrogens is 2. The van der Waals surface area contributed by atoms with Gasteiger partial charge in [0.2, 0.25) is 0 Å². The smallest absolute Gasteiger partial charge is 0.116 e. The molecule has 3 nitrogen and oxygen atoms in total. The molecule has 0 aliphatic carbocycles. The summed E-state index contributed by atoms with van der Waals surface area (Å²) in [6.45, 7) is 6.22. The number of aryl methyl sites for hydroxylation is 3. The van der Waals surface area contributed by atoms with Crippen molar-refractivity contribution >= 4 is 10.9 Å². The Balaban J connectivity index is 2.24. The van der Waals surface area contributed by atoms with Crippen LogP contribution >= 0.6 is 0 Å². The summed E-state index contributed by atoms with van der Waals surface area (Å²) in [6, 6.07) is 11.6. The normalized spacial score (nSPS) is 11.1. The van der Waals surface area contributed by atoms with Crippen LogP contribution in [0.15, 0.2) is 36.4 Å². The molecule has 1 N–H and O–H groups in total. The van der Waals surface area contributed by atoms with Crippen molar-refractivity contribution in [2.75, 3.05) is 0 Å². The fraction of sp³-hybridized carbons (Fsp3) is 0.188. The fourth-order valence-electron chi connectivity index (χ4n) is 2.31. The third-order valence-corrected chi connectivity index (χ3v) is 3.63. The molecule has 0 atom stereocenters. The van der Waals surface area contributed by atoms with Gasteiger partial charge in [0, 0.05) is 11.1 Å². The molecule has 0 fully saturated rings. The molecule has 1 aromatic heterocycles. The van der Waals surface area contributed by atoms with Crippen LogP contribution in [0.2, 0.25) is 0 Å². The Morgan fingerprint density at radius 3 is 2.47 bits per heavy atom. The summed E-state index contributed by atoms with van der Waals surface area (Å²) in [5.74, 6) is 0.273. The third-order valence-electron chi connectivity index (χ3n) is 3.63. The largest absolute Gasteiger partial charge is 0.508 e. The third kappa shape index (κ3) is 1.87. The summed E-state index contributed by atoms with van der Waals surface area (Å²) in [5, 5.41) is 15.2. The highest BCUT2D eigenvalue weighted by molar-refractivity contribution is 5.83. The van der Waals surface area contributed by atoms with Crippen LogP contribution in [0.4, 0.5) is 0 Å². The molecule has 19 heavy (non-hydrogen) atoms. The summed E-state index contributed by atoms with van der Waals surface area (Å²) in [6.07, 6.45) is 0. The van der Waals surface area contributed by atoms with E-state index >= 15 is 0 Å². The molecule has 0 amide bonds. The van der Waals surface area contributed by atoms with Crippen molar-refractivity contribution in [2.24, 2.45) is 0 Å². The first-order valence-corrected chi connectivity index (χ1v) is 6.32. The fourth-order valence-corrected chi connectivity index (χ4v) is 2.31. The van der Waals surface area contributed by atoms with Crippen molar-refractivity contribution in [1.29, 1.82) is 0 Å². The van der Waals surface area contributed by atoms with Crippen LogP contribution in [0, 0.1) is 20.8 Å². The van der Waals surface area contributed by atoms with Crippen molar-refractivity contribution in [1.82, 2.24) is 9.78 Å². The standard InChI is InChI=1S/C16H16N2O/c1-10-4-5-13(8-11(10)2)18-12(3)15-9-14(19)6-7-16(15)17-18/h4-9,19H,1-3H3. The first kappa shape index (κ1) is 11.8. The maximum atomic E-state index is 9.58. The monoisotopic (exact) mass is 252 g/mol. The number of hydrogen-bond donors (Lipinski definition) is 1. The lowest BCUT2D eigenvalue weighted by atomic mass is 10.1. The van der Waals surface area contributed by atoms with E-state index in [4.69, 9.17) is 0 Å². The van der Waals surface area contributed by atoms with E-state index in [0.717, 1.165) is 22.3 Å². The van der Waals surface area contributed by atoms with Crippen molar-refractivity contribution in [3.05, 3.63) is 53.2 Å². The number of rotatable bonds is 1. The molecule has 3 aromatic rings. The summed E-state index contributed by atoms with van der Waals surface area (Å²) < 4.78 is 1.93. The zero-order valence-corrected chi connectivity index (χ0v) is 11.3. The van der Waals surface area contributed by atoms with Crippen LogP contribution in [0.1, 0.15) is 16.8 Å². The average molecular weight is 252 g/mol. The molecule has 3 heteroatoms. The van der Waals surface area contributed by atoms with Crippen LogP contribution in [0.25, 0.3) is 16.6 Å². The highest BCUT2D eigenvalue weighted by atomic mass is 16.3. The molecule has 0 spiro atoms. The minimum absolute atomic E-state index is 0.273. The zero-order chi connectivity index (χ0) is 13.6. The maximum absolute atomic E-state index is 9.58. The highest BCUT2D eigenvalue weighted by Gasteiger charge is 2.09. The van der Waals surface area contributed by atoms with Crippen LogP contribution in [0.3, 0.4) is 0 Å². The molecule has 0 saturated carbocycles. The number of aromatic hydroxyl groups is 1. The van der Waals surface area contributed by atoms with E-state index in [9.17, 15) is 5.11 Å². The maximum Gasteiger partial charge on any atom is 0.116 e. The van der Waals surface area contributed by atoms with Crippen molar-refractivity contribution in [2.45, 2.75) is 20.8 Å². The molecular weight excluding hydrogens is 236 g/mol. The van der Waals surface area contributed by atoms with Crippen LogP contribution in [-0.4, -0.2) is 14.9 Å². The lowest BCUT2D eigenvalue weighted by Gasteiger charge is -2.07. The van der Waals surface area contributed by atoms with Crippen LogP contribution in [0.5, 0.6) is 5.75 Å². The molecule has 0 bridgehead atoms. The van der Waals surface area contributed by atoms with E-state index in [1.165, 1.54) is 11.1 Å². The predicted octanol–water partition coefficient (Wildman–Crippen LogP) is 3.66. The Morgan fingerprint density at radius 2 is 1.74 bits per heavy atom. The van der Waals surface area contributed by atoms with E-state index < -0.39 is 0 Å². The molecule has 2 aromatic carbocycles. The molecule has 3 rings (SSSR count). The summed E-state index contributed by atoms with van der Waals surface area (Å²) in [5.41, 5.74) is 5.51. The van der Waals surface area contributed by atoms with Gasteiger partial charge in [-0.15, -0.1) is 0 Å². The first-order chi connectivity index (χ1) is 9.06. The second-order valence-corrected chi connectivity index (χ2v) is 4.97. The summed E-state index contributed by atoms with van der Waals surface area (Å²) >= 11 is 0. The van der Waals surface area contributed by atoms with Crippen molar-refractivity contribution in [3.8, 4) is 11.4 Å². The predicted molar refractivity (Wildman–Crippen MR) is 76.9 cm³/mol. The van der Waals surface area contributed by atoms with E-state index in [1.54, 1.807) is 12.1 Å². The quantitative estimate of drug-likeness (QED) is 0.717. The highest BCUT2D eigenvalue weighted by Crippen LogP contribution is 2.25. The minimum Gasteiger partial charge on any atom is -0.508 e. The Hall–Kier alpha value is -2.29. The SMILES string of the molecule is Cc1ccc(-n2nc3ccc(O)cc3c2C)cc1C.